The first kappa shape index (κ1) is 28.1. The highest BCUT2D eigenvalue weighted by atomic mass is 16.2. The lowest BCUT2D eigenvalue weighted by molar-refractivity contribution is -0.139. The zero-order valence-electron chi connectivity index (χ0n) is 21.8. The van der Waals surface area contributed by atoms with Crippen molar-refractivity contribution >= 4 is 17.7 Å². The maximum atomic E-state index is 13.5. The smallest absolute Gasteiger partial charge is 0.249 e. The van der Waals surface area contributed by atoms with Gasteiger partial charge >= 0.3 is 0 Å². The third kappa shape index (κ3) is 7.32. The van der Waals surface area contributed by atoms with Gasteiger partial charge in [0.25, 0.3) is 0 Å². The third-order valence-electron chi connectivity index (χ3n) is 6.59. The number of hydrogen-bond donors (Lipinski definition) is 1. The van der Waals surface area contributed by atoms with Crippen LogP contribution in [0.4, 0.5) is 0 Å². The minimum atomic E-state index is -0.601. The van der Waals surface area contributed by atoms with E-state index in [0.717, 1.165) is 25.8 Å². The molecule has 0 saturated carbocycles. The van der Waals surface area contributed by atoms with Crippen LogP contribution in [0.1, 0.15) is 67.7 Å². The van der Waals surface area contributed by atoms with Crippen LogP contribution in [0.25, 0.3) is 0 Å². The van der Waals surface area contributed by atoms with E-state index in [1.54, 1.807) is 16.8 Å². The Bertz CT molecular complexity index is 670. The van der Waals surface area contributed by atoms with E-state index in [-0.39, 0.29) is 41.6 Å². The van der Waals surface area contributed by atoms with Gasteiger partial charge in [-0.3, -0.25) is 19.3 Å². The van der Waals surface area contributed by atoms with E-state index >= 15 is 0 Å². The summed E-state index contributed by atoms with van der Waals surface area (Å²) in [6.45, 7) is 15.9. The van der Waals surface area contributed by atoms with E-state index in [4.69, 9.17) is 0 Å². The van der Waals surface area contributed by atoms with Crippen LogP contribution < -0.4 is 5.32 Å². The van der Waals surface area contributed by atoms with Gasteiger partial charge < -0.3 is 15.1 Å². The van der Waals surface area contributed by atoms with Crippen LogP contribution in [0.5, 0.6) is 0 Å². The molecule has 3 amide bonds. The first-order valence-corrected chi connectivity index (χ1v) is 12.2. The summed E-state index contributed by atoms with van der Waals surface area (Å²) < 4.78 is 0. The highest BCUT2D eigenvalue weighted by Gasteiger charge is 2.34. The van der Waals surface area contributed by atoms with E-state index in [0.29, 0.717) is 18.7 Å². The highest BCUT2D eigenvalue weighted by molar-refractivity contribution is 5.93. The Morgan fingerprint density at radius 3 is 2.12 bits per heavy atom. The number of nitrogens with zero attached hydrogens (tertiary/aromatic N) is 3. The SMILES string of the molecule is CCN(CC)C(=O)C(C)=C[C@H](C(C)C)N(C)C(=O)[C@@H](NC(=O)[C@H]1CCCCN1C)C(C)C. The van der Waals surface area contributed by atoms with E-state index in [9.17, 15) is 14.4 Å². The molecule has 1 rings (SSSR count). The monoisotopic (exact) mass is 450 g/mol. The Morgan fingerprint density at radius 1 is 1.06 bits per heavy atom. The molecule has 0 radical (unpaired) electrons. The van der Waals surface area contributed by atoms with Crippen LogP contribution in [-0.4, -0.2) is 84.3 Å². The van der Waals surface area contributed by atoms with E-state index in [2.05, 4.69) is 10.2 Å². The Morgan fingerprint density at radius 2 is 1.66 bits per heavy atom. The number of rotatable bonds is 10. The van der Waals surface area contributed by atoms with Gasteiger partial charge in [-0.2, -0.15) is 0 Å². The lowest BCUT2D eigenvalue weighted by Crippen LogP contribution is -2.57. The van der Waals surface area contributed by atoms with Crippen LogP contribution >= 0.6 is 0 Å². The second-order valence-corrected chi connectivity index (χ2v) is 9.73. The molecule has 0 aromatic rings. The summed E-state index contributed by atoms with van der Waals surface area (Å²) in [5.41, 5.74) is 0.640. The summed E-state index contributed by atoms with van der Waals surface area (Å²) >= 11 is 0. The molecule has 0 aliphatic carbocycles. The van der Waals surface area contributed by atoms with Crippen molar-refractivity contribution in [1.29, 1.82) is 0 Å². The molecule has 1 aliphatic heterocycles. The first-order chi connectivity index (χ1) is 15.0. The molecule has 0 aromatic carbocycles. The van der Waals surface area contributed by atoms with Gasteiger partial charge in [0.15, 0.2) is 0 Å². The fraction of sp³-hybridized carbons (Fsp3) is 0.800. The number of carbonyl (C=O) groups excluding carboxylic acids is 3. The zero-order chi connectivity index (χ0) is 24.6. The molecular weight excluding hydrogens is 404 g/mol. The van der Waals surface area contributed by atoms with Gasteiger partial charge in [0.2, 0.25) is 17.7 Å². The zero-order valence-corrected chi connectivity index (χ0v) is 21.8. The van der Waals surface area contributed by atoms with Crippen molar-refractivity contribution < 1.29 is 14.4 Å². The summed E-state index contributed by atoms with van der Waals surface area (Å²) in [4.78, 5) is 44.8. The van der Waals surface area contributed by atoms with Gasteiger partial charge in [0.1, 0.15) is 6.04 Å². The minimum Gasteiger partial charge on any atom is -0.343 e. The topological polar surface area (TPSA) is 73.0 Å². The van der Waals surface area contributed by atoms with Gasteiger partial charge in [0, 0.05) is 25.7 Å². The molecule has 0 spiro atoms. The van der Waals surface area contributed by atoms with Crippen LogP contribution in [0.2, 0.25) is 0 Å². The summed E-state index contributed by atoms with van der Waals surface area (Å²) in [7, 11) is 3.74. The Kier molecular flexibility index (Phi) is 11.4. The average Bonchev–Trinajstić information content (AvgIpc) is 2.75. The molecular formula is C25H46N4O3. The molecule has 3 atom stereocenters. The van der Waals surface area contributed by atoms with Crippen LogP contribution in [-0.2, 0) is 14.4 Å². The molecule has 7 heteroatoms. The number of amides is 3. The maximum Gasteiger partial charge on any atom is 0.249 e. The number of nitrogens with one attached hydrogen (secondary N) is 1. The molecule has 1 N–H and O–H groups in total. The number of likely N-dealkylation sites (N-methyl/N-ethyl adjacent to an activating group) is 3. The highest BCUT2D eigenvalue weighted by Crippen LogP contribution is 2.19. The fourth-order valence-electron chi connectivity index (χ4n) is 4.37. The molecule has 0 bridgehead atoms. The van der Waals surface area contributed by atoms with Crippen molar-refractivity contribution in [3.63, 3.8) is 0 Å². The number of likely N-dealkylation sites (tertiary alicyclic amines) is 1. The second kappa shape index (κ2) is 13.0. The van der Waals surface area contributed by atoms with Gasteiger partial charge in [-0.25, -0.2) is 0 Å². The van der Waals surface area contributed by atoms with E-state index in [1.165, 1.54) is 0 Å². The van der Waals surface area contributed by atoms with Gasteiger partial charge in [-0.05, 0) is 59.0 Å². The Hall–Kier alpha value is -1.89. The first-order valence-electron chi connectivity index (χ1n) is 12.2. The van der Waals surface area contributed by atoms with Crippen molar-refractivity contribution in [1.82, 2.24) is 20.0 Å². The predicted octanol–water partition coefficient (Wildman–Crippen LogP) is 2.91. The summed E-state index contributed by atoms with van der Waals surface area (Å²) in [5.74, 6) is -0.119. The number of hydrogen-bond acceptors (Lipinski definition) is 4. The van der Waals surface area contributed by atoms with Gasteiger partial charge in [-0.1, -0.05) is 40.2 Å². The van der Waals surface area contributed by atoms with E-state index in [1.807, 2.05) is 61.6 Å². The second-order valence-electron chi connectivity index (χ2n) is 9.73. The molecule has 0 aromatic heterocycles. The van der Waals surface area contributed by atoms with Gasteiger partial charge in [0.05, 0.1) is 12.1 Å². The van der Waals surface area contributed by atoms with E-state index < -0.39 is 6.04 Å². The minimum absolute atomic E-state index is 0.00412. The van der Waals surface area contributed by atoms with Crippen molar-refractivity contribution in [2.24, 2.45) is 11.8 Å². The summed E-state index contributed by atoms with van der Waals surface area (Å²) in [6, 6.07) is -1.02. The normalized spacial score (nSPS) is 19.6. The molecule has 1 heterocycles. The van der Waals surface area contributed by atoms with Crippen molar-refractivity contribution in [3.05, 3.63) is 11.6 Å². The third-order valence-corrected chi connectivity index (χ3v) is 6.59. The lowest BCUT2D eigenvalue weighted by Gasteiger charge is -2.36. The molecule has 1 aliphatic rings. The van der Waals surface area contributed by atoms with Gasteiger partial charge in [-0.15, -0.1) is 0 Å². The largest absolute Gasteiger partial charge is 0.343 e. The Labute approximate surface area is 195 Å². The molecule has 1 fully saturated rings. The summed E-state index contributed by atoms with van der Waals surface area (Å²) in [6.07, 6.45) is 4.85. The lowest BCUT2D eigenvalue weighted by atomic mass is 9.96. The van der Waals surface area contributed by atoms with Crippen molar-refractivity contribution in [3.8, 4) is 0 Å². The molecule has 0 unspecified atom stereocenters. The molecule has 1 saturated heterocycles. The average molecular weight is 451 g/mol. The summed E-state index contributed by atoms with van der Waals surface area (Å²) in [5, 5.41) is 3.04. The molecule has 7 nitrogen and oxygen atoms in total. The Balaban J connectivity index is 3.05. The standard InChI is InChI=1S/C25H46N4O3/c1-10-29(11-2)24(31)19(7)16-21(17(3)4)28(9)25(32)22(18(5)6)26-23(30)20-14-12-13-15-27(20)8/h16-18,20-22H,10-15H2,1-9H3,(H,26,30)/t20-,21-,22+/m1/s1. The van der Waals surface area contributed by atoms with Crippen LogP contribution in [0, 0.1) is 11.8 Å². The van der Waals surface area contributed by atoms with Crippen molar-refractivity contribution in [2.75, 3.05) is 33.7 Å². The predicted molar refractivity (Wildman–Crippen MR) is 130 cm³/mol. The number of carbonyl (C=O) groups is 3. The quantitative estimate of drug-likeness (QED) is 0.520. The van der Waals surface area contributed by atoms with Crippen molar-refractivity contribution in [2.45, 2.75) is 85.9 Å². The number of piperidine rings is 1. The molecule has 32 heavy (non-hydrogen) atoms. The van der Waals surface area contributed by atoms with Crippen LogP contribution in [0.3, 0.4) is 0 Å². The fourth-order valence-corrected chi connectivity index (χ4v) is 4.37. The molecule has 184 valence electrons. The maximum absolute atomic E-state index is 13.5. The van der Waals surface area contributed by atoms with Crippen LogP contribution in [0.15, 0.2) is 11.6 Å².